The third-order valence-corrected chi connectivity index (χ3v) is 8.77. The number of rotatable bonds is 10. The van der Waals surface area contributed by atoms with E-state index >= 15 is 0 Å². The van der Waals surface area contributed by atoms with Gasteiger partial charge in [-0.25, -0.2) is 0 Å². The topological polar surface area (TPSA) is 0 Å². The van der Waals surface area contributed by atoms with Crippen molar-refractivity contribution in [2.45, 2.75) is 66.2 Å². The summed E-state index contributed by atoms with van der Waals surface area (Å²) >= 11 is 0. The Hall–Kier alpha value is 1.16. The molecule has 0 radical (unpaired) electrons. The van der Waals surface area contributed by atoms with Gasteiger partial charge in [-0.15, -0.1) is 24.0 Å². The van der Waals surface area contributed by atoms with E-state index in [0.29, 0.717) is 0 Å². The molecule has 0 amide bonds. The van der Waals surface area contributed by atoms with Crippen LogP contribution < -0.4 is 0 Å². The molecule has 0 rings (SSSR count). The molecule has 0 saturated heterocycles. The second-order valence-corrected chi connectivity index (χ2v) is 9.55. The first-order valence-corrected chi connectivity index (χ1v) is 9.62. The number of halogens is 1. The zero-order valence-corrected chi connectivity index (χ0v) is 15.2. The minimum atomic E-state index is -0.527. The standard InChI is InChI=1S/C14H32P.HI/c1-5-9-12-15(8-4,13-10-6-2)14-11-7-3;/h5-14H2,1-4H3;1H/q+1;. The molecule has 0 nitrogen and oxygen atoms in total. The van der Waals surface area contributed by atoms with Gasteiger partial charge in [0.2, 0.25) is 0 Å². The molecule has 2 heteroatoms. The molecule has 0 aliphatic heterocycles. The third kappa shape index (κ3) is 8.28. The summed E-state index contributed by atoms with van der Waals surface area (Å²) in [5.41, 5.74) is 0. The van der Waals surface area contributed by atoms with Crippen molar-refractivity contribution in [3.8, 4) is 0 Å². The SMILES string of the molecule is CCCC[P+](CC)(CCCC)CCCC.I. The van der Waals surface area contributed by atoms with Gasteiger partial charge in [-0.05, 0) is 26.2 Å². The average Bonchev–Trinajstić information content (AvgIpc) is 2.29. The van der Waals surface area contributed by atoms with Gasteiger partial charge < -0.3 is 0 Å². The van der Waals surface area contributed by atoms with Crippen LogP contribution in [0.4, 0.5) is 0 Å². The fraction of sp³-hybridized carbons (Fsp3) is 1.00. The van der Waals surface area contributed by atoms with Gasteiger partial charge in [0.05, 0.1) is 24.6 Å². The normalized spacial score (nSPS) is 11.2. The van der Waals surface area contributed by atoms with Crippen molar-refractivity contribution in [3.63, 3.8) is 0 Å². The lowest BCUT2D eigenvalue weighted by atomic mass is 10.4. The van der Waals surface area contributed by atoms with Gasteiger partial charge in [0, 0.05) is 7.26 Å². The summed E-state index contributed by atoms with van der Waals surface area (Å²) in [6.07, 6.45) is 14.9. The van der Waals surface area contributed by atoms with Crippen molar-refractivity contribution in [3.05, 3.63) is 0 Å². The molecule has 0 unspecified atom stereocenters. The van der Waals surface area contributed by atoms with Crippen LogP contribution in [0.25, 0.3) is 0 Å². The second kappa shape index (κ2) is 12.6. The van der Waals surface area contributed by atoms with Crippen molar-refractivity contribution in [1.29, 1.82) is 0 Å². The van der Waals surface area contributed by atoms with Gasteiger partial charge in [-0.1, -0.05) is 40.0 Å². The van der Waals surface area contributed by atoms with Crippen LogP contribution in [0.5, 0.6) is 0 Å². The van der Waals surface area contributed by atoms with Crippen LogP contribution in [-0.4, -0.2) is 24.6 Å². The molecule has 0 saturated carbocycles. The summed E-state index contributed by atoms with van der Waals surface area (Å²) in [4.78, 5) is 0. The lowest BCUT2D eigenvalue weighted by Crippen LogP contribution is -2.11. The first-order valence-electron chi connectivity index (χ1n) is 7.09. The number of unbranched alkanes of at least 4 members (excludes halogenated alkanes) is 3. The van der Waals surface area contributed by atoms with E-state index in [-0.39, 0.29) is 24.0 Å². The predicted octanol–water partition coefficient (Wildman–Crippen LogP) is 6.04. The lowest BCUT2D eigenvalue weighted by Gasteiger charge is -2.26. The molecular weight excluding hydrogens is 326 g/mol. The zero-order valence-electron chi connectivity index (χ0n) is 11.9. The van der Waals surface area contributed by atoms with Gasteiger partial charge in [0.25, 0.3) is 0 Å². The van der Waals surface area contributed by atoms with Crippen LogP contribution in [0.2, 0.25) is 0 Å². The Kier molecular flexibility index (Phi) is 15.4. The molecule has 0 spiro atoms. The quantitative estimate of drug-likeness (QED) is 0.329. The summed E-state index contributed by atoms with van der Waals surface area (Å²) in [6, 6.07) is 0. The maximum Gasteiger partial charge on any atom is 0.0594 e. The third-order valence-electron chi connectivity index (χ3n) is 3.63. The lowest BCUT2D eigenvalue weighted by molar-refractivity contribution is 0.834. The fourth-order valence-electron chi connectivity index (χ4n) is 2.29. The van der Waals surface area contributed by atoms with E-state index in [4.69, 9.17) is 0 Å². The molecule has 0 heterocycles. The molecule has 0 aromatic rings. The number of hydrogen-bond donors (Lipinski definition) is 0. The molecule has 100 valence electrons. The molecule has 0 fully saturated rings. The Morgan fingerprint density at radius 3 is 1.12 bits per heavy atom. The highest BCUT2D eigenvalue weighted by Crippen LogP contribution is 2.60. The Labute approximate surface area is 122 Å². The Morgan fingerprint density at radius 1 is 0.625 bits per heavy atom. The maximum absolute atomic E-state index is 2.45. The van der Waals surface area contributed by atoms with E-state index in [2.05, 4.69) is 27.7 Å². The van der Waals surface area contributed by atoms with Crippen LogP contribution in [-0.2, 0) is 0 Å². The Balaban J connectivity index is 0. The molecule has 0 aliphatic rings. The monoisotopic (exact) mass is 359 g/mol. The second-order valence-electron chi connectivity index (χ2n) is 4.89. The van der Waals surface area contributed by atoms with Crippen molar-refractivity contribution >= 4 is 31.2 Å². The van der Waals surface area contributed by atoms with E-state index in [0.717, 1.165) is 0 Å². The minimum Gasteiger partial charge on any atom is -0.107 e. The molecule has 0 atom stereocenters. The molecule has 0 aliphatic carbocycles. The fourth-order valence-corrected chi connectivity index (χ4v) is 6.87. The average molecular weight is 359 g/mol. The van der Waals surface area contributed by atoms with E-state index in [1.54, 1.807) is 18.5 Å². The van der Waals surface area contributed by atoms with E-state index in [1.165, 1.54) is 44.7 Å². The highest BCUT2D eigenvalue weighted by Gasteiger charge is 2.32. The van der Waals surface area contributed by atoms with Crippen LogP contribution in [0, 0.1) is 0 Å². The van der Waals surface area contributed by atoms with Crippen molar-refractivity contribution in [2.75, 3.05) is 24.6 Å². The largest absolute Gasteiger partial charge is 0.107 e. The zero-order chi connectivity index (χ0) is 11.6. The molecule has 16 heavy (non-hydrogen) atoms. The summed E-state index contributed by atoms with van der Waals surface area (Å²) in [5, 5.41) is 0. The predicted molar refractivity (Wildman–Crippen MR) is 92.2 cm³/mol. The first-order chi connectivity index (χ1) is 7.24. The van der Waals surface area contributed by atoms with E-state index in [9.17, 15) is 0 Å². The minimum absolute atomic E-state index is 0. The van der Waals surface area contributed by atoms with Crippen molar-refractivity contribution in [1.82, 2.24) is 0 Å². The van der Waals surface area contributed by atoms with Gasteiger partial charge >= 0.3 is 0 Å². The summed E-state index contributed by atoms with van der Waals surface area (Å²) < 4.78 is 0. The van der Waals surface area contributed by atoms with Crippen molar-refractivity contribution in [2.24, 2.45) is 0 Å². The summed E-state index contributed by atoms with van der Waals surface area (Å²) in [6.45, 7) is 9.46. The van der Waals surface area contributed by atoms with E-state index < -0.39 is 7.26 Å². The van der Waals surface area contributed by atoms with Crippen LogP contribution >= 0.6 is 31.2 Å². The van der Waals surface area contributed by atoms with Crippen LogP contribution in [0.1, 0.15) is 66.2 Å². The molecule has 0 aromatic heterocycles. The summed E-state index contributed by atoms with van der Waals surface area (Å²) in [7, 11) is -0.527. The molecule has 0 aromatic carbocycles. The van der Waals surface area contributed by atoms with Gasteiger partial charge in [0.1, 0.15) is 0 Å². The Morgan fingerprint density at radius 2 is 0.938 bits per heavy atom. The highest BCUT2D eigenvalue weighted by molar-refractivity contribution is 14.0. The maximum atomic E-state index is 2.45. The summed E-state index contributed by atoms with van der Waals surface area (Å²) in [5.74, 6) is 0. The van der Waals surface area contributed by atoms with Crippen LogP contribution in [0.15, 0.2) is 0 Å². The van der Waals surface area contributed by atoms with Crippen LogP contribution in [0.3, 0.4) is 0 Å². The molecular formula is C14H33IP+. The molecule has 0 N–H and O–H groups in total. The van der Waals surface area contributed by atoms with E-state index in [1.807, 2.05) is 0 Å². The smallest absolute Gasteiger partial charge is 0.0594 e. The first kappa shape index (κ1) is 19.5. The number of hydrogen-bond acceptors (Lipinski definition) is 0. The van der Waals surface area contributed by atoms with Gasteiger partial charge in [0.15, 0.2) is 0 Å². The van der Waals surface area contributed by atoms with Gasteiger partial charge in [-0.2, -0.15) is 0 Å². The molecule has 0 bridgehead atoms. The van der Waals surface area contributed by atoms with Gasteiger partial charge in [-0.3, -0.25) is 0 Å². The van der Waals surface area contributed by atoms with Crippen molar-refractivity contribution < 1.29 is 0 Å². The highest BCUT2D eigenvalue weighted by atomic mass is 127. The Bertz CT molecular complexity index is 115.